The third kappa shape index (κ3) is 5.40. The third-order valence-corrected chi connectivity index (χ3v) is 6.75. The number of nitrogens with one attached hydrogen (secondary N) is 2. The molecule has 0 aliphatic carbocycles. The van der Waals surface area contributed by atoms with Crippen molar-refractivity contribution in [1.82, 2.24) is 15.2 Å². The summed E-state index contributed by atoms with van der Waals surface area (Å²) < 4.78 is 6.26. The van der Waals surface area contributed by atoms with Crippen molar-refractivity contribution in [2.24, 2.45) is 0 Å². The zero-order valence-electron chi connectivity index (χ0n) is 20.5. The highest BCUT2D eigenvalue weighted by Crippen LogP contribution is 2.40. The summed E-state index contributed by atoms with van der Waals surface area (Å²) in [6.45, 7) is 2.36. The van der Waals surface area contributed by atoms with Gasteiger partial charge in [-0.1, -0.05) is 23.8 Å². The van der Waals surface area contributed by atoms with Crippen LogP contribution in [0.1, 0.15) is 35.5 Å². The van der Waals surface area contributed by atoms with E-state index in [1.54, 1.807) is 18.3 Å². The number of nitrogens with zero attached hydrogens (tertiary/aromatic N) is 3. The molecule has 0 radical (unpaired) electrons. The van der Waals surface area contributed by atoms with Crippen LogP contribution in [0, 0.1) is 17.0 Å². The molecule has 10 heteroatoms. The van der Waals surface area contributed by atoms with Crippen molar-refractivity contribution in [1.29, 1.82) is 0 Å². The number of nitro groups is 1. The number of hydrogen-bond donors (Lipinski definition) is 2. The minimum absolute atomic E-state index is 0.0103. The van der Waals surface area contributed by atoms with Crippen LogP contribution in [0.5, 0.6) is 0 Å². The summed E-state index contributed by atoms with van der Waals surface area (Å²) in [6.07, 6.45) is 1.94. The Labute approximate surface area is 224 Å². The Balaban J connectivity index is 1.38. The van der Waals surface area contributed by atoms with Gasteiger partial charge in [-0.15, -0.1) is 0 Å². The number of hydrogen-bond acceptors (Lipinski definition) is 6. The van der Waals surface area contributed by atoms with Crippen molar-refractivity contribution in [3.05, 3.63) is 112 Å². The van der Waals surface area contributed by atoms with E-state index >= 15 is 0 Å². The predicted molar refractivity (Wildman–Crippen MR) is 147 cm³/mol. The first-order valence-electron chi connectivity index (χ1n) is 12.1. The van der Waals surface area contributed by atoms with E-state index in [1.807, 2.05) is 66.4 Å². The molecule has 0 saturated carbocycles. The van der Waals surface area contributed by atoms with Crippen LogP contribution in [0.3, 0.4) is 0 Å². The lowest BCUT2D eigenvalue weighted by molar-refractivity contribution is -0.384. The average Bonchev–Trinajstić information content (AvgIpc) is 3.54. The Morgan fingerprint density at radius 1 is 1.11 bits per heavy atom. The number of thiocarbonyl (C=S) groups is 1. The molecule has 2 atom stereocenters. The molecule has 4 aromatic rings. The second kappa shape index (κ2) is 10.8. The molecule has 2 aromatic heterocycles. The molecule has 1 amide bonds. The fourth-order valence-electron chi connectivity index (χ4n) is 4.45. The van der Waals surface area contributed by atoms with Gasteiger partial charge in [-0.3, -0.25) is 19.9 Å². The molecular weight excluding hydrogens is 502 g/mol. The number of aromatic nitrogens is 1. The van der Waals surface area contributed by atoms with Crippen LogP contribution in [-0.4, -0.2) is 32.4 Å². The molecule has 2 aromatic carbocycles. The van der Waals surface area contributed by atoms with Gasteiger partial charge in [0.15, 0.2) is 5.11 Å². The standard InChI is InChI=1S/C28H25N5O4S/c1-18-5-9-20(10-6-18)30-25(34)15-17-32-27(26(31-28(32)38)22-4-2-3-16-29-22)24-14-13-23(37-24)19-7-11-21(12-8-19)33(35)36/h2-14,16,26-27H,15,17H2,1H3,(H,30,34)(H,31,38). The molecule has 1 saturated heterocycles. The predicted octanol–water partition coefficient (Wildman–Crippen LogP) is 5.56. The van der Waals surface area contributed by atoms with Gasteiger partial charge in [-0.05, 0) is 67.7 Å². The zero-order chi connectivity index (χ0) is 26.6. The van der Waals surface area contributed by atoms with Crippen LogP contribution in [0.15, 0.2) is 89.5 Å². The second-order valence-electron chi connectivity index (χ2n) is 8.99. The van der Waals surface area contributed by atoms with Crippen LogP contribution >= 0.6 is 12.2 Å². The Hall–Kier alpha value is -4.57. The molecule has 9 nitrogen and oxygen atoms in total. The fourth-order valence-corrected chi connectivity index (χ4v) is 4.78. The molecule has 0 spiro atoms. The molecule has 1 aliphatic heterocycles. The zero-order valence-corrected chi connectivity index (χ0v) is 21.4. The maximum atomic E-state index is 12.7. The number of benzene rings is 2. The lowest BCUT2D eigenvalue weighted by atomic mass is 10.0. The first kappa shape index (κ1) is 25.1. The maximum absolute atomic E-state index is 12.7. The van der Waals surface area contributed by atoms with E-state index in [4.69, 9.17) is 16.6 Å². The van der Waals surface area contributed by atoms with Crippen LogP contribution < -0.4 is 10.6 Å². The summed E-state index contributed by atoms with van der Waals surface area (Å²) in [5, 5.41) is 17.8. The number of amides is 1. The third-order valence-electron chi connectivity index (χ3n) is 6.39. The quantitative estimate of drug-likeness (QED) is 0.174. The molecule has 0 bridgehead atoms. The van der Waals surface area contributed by atoms with Gasteiger partial charge >= 0.3 is 0 Å². The van der Waals surface area contributed by atoms with E-state index in [0.717, 1.165) is 16.9 Å². The molecule has 192 valence electrons. The minimum atomic E-state index is -0.438. The Bertz CT molecular complexity index is 1450. The van der Waals surface area contributed by atoms with Crippen LogP contribution in [0.4, 0.5) is 11.4 Å². The fraction of sp³-hybridized carbons (Fsp3) is 0.179. The molecular formula is C28H25N5O4S. The van der Waals surface area contributed by atoms with E-state index in [9.17, 15) is 14.9 Å². The number of rotatable bonds is 8. The molecule has 3 heterocycles. The first-order chi connectivity index (χ1) is 18.4. The van der Waals surface area contributed by atoms with Crippen molar-refractivity contribution in [2.45, 2.75) is 25.4 Å². The number of furan rings is 1. The van der Waals surface area contributed by atoms with Gasteiger partial charge < -0.3 is 20.0 Å². The Morgan fingerprint density at radius 2 is 1.87 bits per heavy atom. The smallest absolute Gasteiger partial charge is 0.269 e. The monoisotopic (exact) mass is 527 g/mol. The average molecular weight is 528 g/mol. The van der Waals surface area contributed by atoms with Gasteiger partial charge in [0.1, 0.15) is 17.6 Å². The Morgan fingerprint density at radius 3 is 2.55 bits per heavy atom. The number of pyridine rings is 1. The van der Waals surface area contributed by atoms with Gasteiger partial charge in [-0.25, -0.2) is 0 Å². The minimum Gasteiger partial charge on any atom is -0.459 e. The van der Waals surface area contributed by atoms with Crippen molar-refractivity contribution in [3.8, 4) is 11.3 Å². The van der Waals surface area contributed by atoms with Crippen LogP contribution in [0.25, 0.3) is 11.3 Å². The van der Waals surface area contributed by atoms with Crippen LogP contribution in [0.2, 0.25) is 0 Å². The number of nitro benzene ring substituents is 1. The highest BCUT2D eigenvalue weighted by atomic mass is 32.1. The molecule has 2 N–H and O–H groups in total. The SMILES string of the molecule is Cc1ccc(NC(=O)CCN2C(=S)NC(c3ccccn3)C2c2ccc(-c3ccc([N+](=O)[O-])cc3)o2)cc1. The molecule has 5 rings (SSSR count). The summed E-state index contributed by atoms with van der Waals surface area (Å²) in [6, 6.07) is 22.6. The summed E-state index contributed by atoms with van der Waals surface area (Å²) in [4.78, 5) is 29.8. The lowest BCUT2D eigenvalue weighted by Gasteiger charge is -2.25. The summed E-state index contributed by atoms with van der Waals surface area (Å²) in [7, 11) is 0. The summed E-state index contributed by atoms with van der Waals surface area (Å²) in [5.41, 5.74) is 3.38. The molecule has 1 fully saturated rings. The van der Waals surface area contributed by atoms with Gasteiger partial charge in [0, 0.05) is 42.5 Å². The topological polar surface area (TPSA) is 114 Å². The number of aryl methyl sites for hydroxylation is 1. The maximum Gasteiger partial charge on any atom is 0.269 e. The van der Waals surface area contributed by atoms with Crippen molar-refractivity contribution in [3.63, 3.8) is 0 Å². The van der Waals surface area contributed by atoms with Gasteiger partial charge in [0.25, 0.3) is 5.69 Å². The normalized spacial score (nSPS) is 16.8. The molecule has 2 unspecified atom stereocenters. The first-order valence-corrected chi connectivity index (χ1v) is 12.5. The highest BCUT2D eigenvalue weighted by Gasteiger charge is 2.41. The van der Waals surface area contributed by atoms with Gasteiger partial charge in [-0.2, -0.15) is 0 Å². The van der Waals surface area contributed by atoms with E-state index in [1.165, 1.54) is 12.1 Å². The van der Waals surface area contributed by atoms with E-state index in [-0.39, 0.29) is 30.1 Å². The van der Waals surface area contributed by atoms with E-state index in [2.05, 4.69) is 15.6 Å². The number of carbonyl (C=O) groups excluding carboxylic acids is 1. The van der Waals surface area contributed by atoms with Crippen LogP contribution in [-0.2, 0) is 4.79 Å². The van der Waals surface area contributed by atoms with E-state index in [0.29, 0.717) is 28.7 Å². The molecule has 38 heavy (non-hydrogen) atoms. The second-order valence-corrected chi connectivity index (χ2v) is 9.38. The largest absolute Gasteiger partial charge is 0.459 e. The van der Waals surface area contributed by atoms with Gasteiger partial charge in [0.05, 0.1) is 16.7 Å². The molecule has 1 aliphatic rings. The van der Waals surface area contributed by atoms with E-state index < -0.39 is 4.92 Å². The van der Waals surface area contributed by atoms with Gasteiger partial charge in [0.2, 0.25) is 5.91 Å². The lowest BCUT2D eigenvalue weighted by Crippen LogP contribution is -2.32. The Kier molecular flexibility index (Phi) is 7.14. The number of non-ortho nitro benzene ring substituents is 1. The highest BCUT2D eigenvalue weighted by molar-refractivity contribution is 7.80. The number of carbonyl (C=O) groups is 1. The summed E-state index contributed by atoms with van der Waals surface area (Å²) >= 11 is 5.68. The van der Waals surface area contributed by atoms with Crippen molar-refractivity contribution < 1.29 is 14.1 Å². The summed E-state index contributed by atoms with van der Waals surface area (Å²) in [5.74, 6) is 1.09. The van der Waals surface area contributed by atoms with Crippen molar-refractivity contribution in [2.75, 3.05) is 11.9 Å². The number of anilines is 1. The van der Waals surface area contributed by atoms with Crippen molar-refractivity contribution >= 4 is 34.6 Å².